The third-order valence-corrected chi connectivity index (χ3v) is 7.57. The van der Waals surface area contributed by atoms with Crippen molar-refractivity contribution >= 4 is 10.8 Å². The molecule has 0 nitrogen and oxygen atoms in total. The van der Waals surface area contributed by atoms with Crippen LogP contribution in [0.2, 0.25) is 0 Å². The topological polar surface area (TPSA) is 0 Å². The number of aryl methyl sites for hydroxylation is 1. The quantitative estimate of drug-likeness (QED) is 0.0918. The molecule has 0 fully saturated rings. The van der Waals surface area contributed by atoms with Gasteiger partial charge < -0.3 is 0 Å². The molecule has 0 unspecified atom stereocenters. The molecule has 5 aromatic rings. The highest BCUT2D eigenvalue weighted by Gasteiger charge is 2.24. The zero-order valence-electron chi connectivity index (χ0n) is 24.1. The van der Waals surface area contributed by atoms with Crippen LogP contribution in [0.5, 0.6) is 0 Å². The van der Waals surface area contributed by atoms with E-state index in [0.717, 1.165) is 67.1 Å². The molecule has 0 radical (unpaired) electrons. The van der Waals surface area contributed by atoms with Gasteiger partial charge in [-0.1, -0.05) is 80.6 Å². The van der Waals surface area contributed by atoms with Gasteiger partial charge in [0.25, 0.3) is 0 Å². The highest BCUT2D eigenvalue weighted by molar-refractivity contribution is 5.89. The summed E-state index contributed by atoms with van der Waals surface area (Å²) in [6.45, 7) is 2.16. The minimum Gasteiger partial charge on any atom is -0.206 e. The fraction of sp³-hybridized carbons (Fsp3) is 0.189. The lowest BCUT2D eigenvalue weighted by Crippen LogP contribution is -2.02. The summed E-state index contributed by atoms with van der Waals surface area (Å²) in [4.78, 5) is 0. The van der Waals surface area contributed by atoms with E-state index in [1.54, 1.807) is 6.07 Å². The lowest BCUT2D eigenvalue weighted by molar-refractivity contribution is -0.0696. The van der Waals surface area contributed by atoms with Gasteiger partial charge in [0, 0.05) is 16.9 Å². The Kier molecular flexibility index (Phi) is 9.29. The molecule has 0 bridgehead atoms. The lowest BCUT2D eigenvalue weighted by atomic mass is 9.95. The molecule has 0 aliphatic heterocycles. The van der Waals surface area contributed by atoms with Gasteiger partial charge >= 0.3 is 6.18 Å². The monoisotopic (exact) mass is 622 g/mol. The van der Waals surface area contributed by atoms with Gasteiger partial charge in [0.2, 0.25) is 0 Å². The summed E-state index contributed by atoms with van der Waals surface area (Å²) in [5.74, 6) is -3.18. The summed E-state index contributed by atoms with van der Waals surface area (Å²) >= 11 is 0. The molecule has 0 aliphatic rings. The first-order valence-electron chi connectivity index (χ1n) is 14.4. The van der Waals surface area contributed by atoms with E-state index in [1.165, 1.54) is 36.5 Å². The van der Waals surface area contributed by atoms with Crippen molar-refractivity contribution < 1.29 is 35.1 Å². The summed E-state index contributed by atoms with van der Waals surface area (Å²) in [6.07, 6.45) is 0.646. The highest BCUT2D eigenvalue weighted by atomic mass is 19.4. The van der Waals surface area contributed by atoms with Crippen LogP contribution in [0.1, 0.15) is 43.7 Å². The van der Waals surface area contributed by atoms with Crippen molar-refractivity contribution in [3.8, 4) is 45.2 Å². The van der Waals surface area contributed by atoms with Gasteiger partial charge in [-0.25, -0.2) is 22.0 Å². The van der Waals surface area contributed by atoms with Crippen molar-refractivity contribution in [2.75, 3.05) is 0 Å². The van der Waals surface area contributed by atoms with Gasteiger partial charge in [0.15, 0.2) is 0 Å². The molecule has 0 spiro atoms. The van der Waals surface area contributed by atoms with Crippen molar-refractivity contribution in [1.29, 1.82) is 0 Å². The van der Waals surface area contributed by atoms with Crippen LogP contribution in [0.15, 0.2) is 78.9 Å². The molecule has 0 amide bonds. The molecular weight excluding hydrogens is 596 g/mol. The van der Waals surface area contributed by atoms with Crippen LogP contribution in [0.4, 0.5) is 35.1 Å². The maximum atomic E-state index is 15.3. The summed E-state index contributed by atoms with van der Waals surface area (Å²) in [5.41, 5.74) is 0.855. The van der Waals surface area contributed by atoms with Gasteiger partial charge in [0.1, 0.15) is 29.1 Å². The number of unbranched alkanes of at least 4 members (excludes halogenated alkanes) is 3. The molecule has 0 saturated carbocycles. The summed E-state index contributed by atoms with van der Waals surface area (Å²) in [6, 6.07) is 18.2. The second-order valence-corrected chi connectivity index (χ2v) is 10.7. The standard InChI is InChI=1S/C37H26F8/c1-2-3-4-5-6-22-7-9-23(10-8-22)24-11-13-28(31(38)18-24)27-20-33(40)35(34(41)21-27)25-12-14-29-26(17-25)19-32(39)30(36(29)42)15-16-37(43,44)45/h7-14,17-21H,2-6H2,1H3. The molecule has 0 heterocycles. The second-order valence-electron chi connectivity index (χ2n) is 10.7. The maximum Gasteiger partial charge on any atom is 0.458 e. The number of hydrogen-bond donors (Lipinski definition) is 0. The second kappa shape index (κ2) is 13.2. The van der Waals surface area contributed by atoms with Crippen LogP contribution >= 0.6 is 0 Å². The average molecular weight is 623 g/mol. The fourth-order valence-electron chi connectivity index (χ4n) is 5.29. The van der Waals surface area contributed by atoms with Gasteiger partial charge in [-0.15, -0.1) is 0 Å². The van der Waals surface area contributed by atoms with E-state index in [2.05, 4.69) is 6.92 Å². The Hall–Kier alpha value is -4.64. The number of halogens is 8. The van der Waals surface area contributed by atoms with Crippen LogP contribution in [0.25, 0.3) is 44.2 Å². The maximum absolute atomic E-state index is 15.3. The summed E-state index contributed by atoms with van der Waals surface area (Å²) in [5, 5.41) is -0.429. The molecule has 0 saturated heterocycles. The first kappa shape index (κ1) is 31.8. The van der Waals surface area contributed by atoms with Gasteiger partial charge in [-0.3, -0.25) is 0 Å². The highest BCUT2D eigenvalue weighted by Crippen LogP contribution is 2.36. The molecule has 0 atom stereocenters. The van der Waals surface area contributed by atoms with E-state index in [0.29, 0.717) is 5.56 Å². The Morgan fingerprint density at radius 2 is 1.24 bits per heavy atom. The average Bonchev–Trinajstić information content (AvgIpc) is 2.98. The smallest absolute Gasteiger partial charge is 0.206 e. The molecule has 0 N–H and O–H groups in total. The summed E-state index contributed by atoms with van der Waals surface area (Å²) < 4.78 is 112. The van der Waals surface area contributed by atoms with Crippen LogP contribution in [0.3, 0.4) is 0 Å². The lowest BCUT2D eigenvalue weighted by Gasteiger charge is -2.12. The van der Waals surface area contributed by atoms with Gasteiger partial charge in [0.05, 0.1) is 11.1 Å². The van der Waals surface area contributed by atoms with Gasteiger partial charge in [-0.2, -0.15) is 13.2 Å². The minimum absolute atomic E-state index is 0.0224. The predicted octanol–water partition coefficient (Wildman–Crippen LogP) is 11.6. The van der Waals surface area contributed by atoms with Crippen LogP contribution in [-0.2, 0) is 6.42 Å². The number of alkyl halides is 3. The molecule has 230 valence electrons. The van der Waals surface area contributed by atoms with Crippen LogP contribution < -0.4 is 0 Å². The third-order valence-electron chi connectivity index (χ3n) is 7.57. The molecule has 0 aromatic heterocycles. The Morgan fingerprint density at radius 3 is 1.89 bits per heavy atom. The first-order chi connectivity index (χ1) is 21.4. The SMILES string of the molecule is CCCCCCc1ccc(-c2ccc(-c3cc(F)c(-c4ccc5c(F)c(C#CC(F)(F)F)c(F)cc5c4)c(F)c3)c(F)c2)cc1. The van der Waals surface area contributed by atoms with E-state index < -0.39 is 46.4 Å². The number of rotatable bonds is 8. The van der Waals surface area contributed by atoms with Crippen LogP contribution in [-0.4, -0.2) is 6.18 Å². The van der Waals surface area contributed by atoms with E-state index in [-0.39, 0.29) is 27.5 Å². The predicted molar refractivity (Wildman–Crippen MR) is 161 cm³/mol. The third kappa shape index (κ3) is 7.20. The molecule has 8 heteroatoms. The van der Waals surface area contributed by atoms with E-state index in [4.69, 9.17) is 0 Å². The van der Waals surface area contributed by atoms with Gasteiger partial charge in [-0.05, 0) is 76.4 Å². The summed E-state index contributed by atoms with van der Waals surface area (Å²) in [7, 11) is 0. The van der Waals surface area contributed by atoms with Crippen molar-refractivity contribution in [2.45, 2.75) is 45.2 Å². The van der Waals surface area contributed by atoms with E-state index >= 15 is 13.2 Å². The normalized spacial score (nSPS) is 11.5. The Bertz CT molecular complexity index is 1900. The van der Waals surface area contributed by atoms with Crippen molar-refractivity contribution in [1.82, 2.24) is 0 Å². The largest absolute Gasteiger partial charge is 0.458 e. The number of fused-ring (bicyclic) bond motifs is 1. The van der Waals surface area contributed by atoms with Crippen molar-refractivity contribution in [3.63, 3.8) is 0 Å². The fourth-order valence-corrected chi connectivity index (χ4v) is 5.29. The molecular formula is C37H26F8. The van der Waals surface area contributed by atoms with Crippen LogP contribution in [0, 0.1) is 40.9 Å². The molecule has 0 aliphatic carbocycles. The van der Waals surface area contributed by atoms with Crippen molar-refractivity contribution in [2.24, 2.45) is 0 Å². The van der Waals surface area contributed by atoms with E-state index in [9.17, 15) is 22.0 Å². The number of hydrogen-bond acceptors (Lipinski definition) is 0. The Morgan fingerprint density at radius 1 is 0.600 bits per heavy atom. The first-order valence-corrected chi connectivity index (χ1v) is 14.4. The number of benzene rings is 5. The molecule has 5 aromatic carbocycles. The van der Waals surface area contributed by atoms with Crippen molar-refractivity contribution in [3.05, 3.63) is 119 Å². The Balaban J connectivity index is 1.41. The minimum atomic E-state index is -4.96. The molecule has 45 heavy (non-hydrogen) atoms. The van der Waals surface area contributed by atoms with E-state index in [1.807, 2.05) is 24.3 Å². The Labute approximate surface area is 255 Å². The zero-order valence-corrected chi connectivity index (χ0v) is 24.1. The zero-order chi connectivity index (χ0) is 32.3. The molecule has 5 rings (SSSR count).